The summed E-state index contributed by atoms with van der Waals surface area (Å²) in [5.41, 5.74) is 5.74. The van der Waals surface area contributed by atoms with E-state index in [0.717, 1.165) is 32.5 Å². The standard InChI is InChI=1S/C12H25N3O/c1-4-7-15-9-12(2,3)8-14-11(16)10(15)5-6-13/h10H,4-9,13H2,1-3H3,(H,14,16). The van der Waals surface area contributed by atoms with Crippen LogP contribution in [0.5, 0.6) is 0 Å². The van der Waals surface area contributed by atoms with E-state index in [1.54, 1.807) is 0 Å². The van der Waals surface area contributed by atoms with Gasteiger partial charge in [-0.25, -0.2) is 0 Å². The number of hydrogen-bond donors (Lipinski definition) is 2. The van der Waals surface area contributed by atoms with Gasteiger partial charge in [0.1, 0.15) is 0 Å². The van der Waals surface area contributed by atoms with Crippen molar-refractivity contribution in [1.82, 2.24) is 10.2 Å². The first-order valence-corrected chi connectivity index (χ1v) is 6.22. The van der Waals surface area contributed by atoms with Gasteiger partial charge in [-0.05, 0) is 31.3 Å². The molecule has 0 aromatic rings. The lowest BCUT2D eigenvalue weighted by molar-refractivity contribution is -0.125. The minimum atomic E-state index is -0.0354. The maximum Gasteiger partial charge on any atom is 0.237 e. The number of nitrogens with zero attached hydrogens (tertiary/aromatic N) is 1. The molecular weight excluding hydrogens is 202 g/mol. The van der Waals surface area contributed by atoms with Crippen molar-refractivity contribution in [3.8, 4) is 0 Å². The van der Waals surface area contributed by atoms with Crippen LogP contribution in [0.1, 0.15) is 33.6 Å². The van der Waals surface area contributed by atoms with Crippen LogP contribution >= 0.6 is 0 Å². The van der Waals surface area contributed by atoms with Gasteiger partial charge in [0.05, 0.1) is 6.04 Å². The van der Waals surface area contributed by atoms with E-state index in [1.165, 1.54) is 0 Å². The molecule has 0 spiro atoms. The van der Waals surface area contributed by atoms with Gasteiger partial charge in [-0.1, -0.05) is 20.8 Å². The van der Waals surface area contributed by atoms with Crippen LogP contribution in [0, 0.1) is 5.41 Å². The molecule has 0 aromatic heterocycles. The highest BCUT2D eigenvalue weighted by Crippen LogP contribution is 2.22. The average Bonchev–Trinajstić information content (AvgIpc) is 2.30. The van der Waals surface area contributed by atoms with Crippen molar-refractivity contribution in [3.63, 3.8) is 0 Å². The first-order valence-electron chi connectivity index (χ1n) is 6.22. The molecule has 1 aliphatic rings. The number of carbonyl (C=O) groups excluding carboxylic acids is 1. The second kappa shape index (κ2) is 5.64. The summed E-state index contributed by atoms with van der Waals surface area (Å²) in [5.74, 6) is 0.143. The third kappa shape index (κ3) is 3.46. The van der Waals surface area contributed by atoms with E-state index in [0.29, 0.717) is 6.54 Å². The molecule has 16 heavy (non-hydrogen) atoms. The summed E-state index contributed by atoms with van der Waals surface area (Å²) in [4.78, 5) is 14.3. The largest absolute Gasteiger partial charge is 0.354 e. The fourth-order valence-corrected chi connectivity index (χ4v) is 2.32. The molecule has 1 heterocycles. The Balaban J connectivity index is 2.79. The molecule has 4 heteroatoms. The Morgan fingerprint density at radius 1 is 1.56 bits per heavy atom. The minimum Gasteiger partial charge on any atom is -0.354 e. The summed E-state index contributed by atoms with van der Waals surface area (Å²) in [5, 5.41) is 3.02. The van der Waals surface area contributed by atoms with Gasteiger partial charge in [0.25, 0.3) is 0 Å². The molecule has 0 bridgehead atoms. The van der Waals surface area contributed by atoms with Crippen molar-refractivity contribution in [2.75, 3.05) is 26.2 Å². The van der Waals surface area contributed by atoms with E-state index in [-0.39, 0.29) is 17.4 Å². The first-order chi connectivity index (χ1) is 7.50. The highest BCUT2D eigenvalue weighted by molar-refractivity contribution is 5.82. The van der Waals surface area contributed by atoms with E-state index in [2.05, 4.69) is 31.0 Å². The first kappa shape index (κ1) is 13.5. The van der Waals surface area contributed by atoms with Crippen LogP contribution in [0.2, 0.25) is 0 Å². The minimum absolute atomic E-state index is 0.0354. The van der Waals surface area contributed by atoms with Gasteiger partial charge >= 0.3 is 0 Å². The summed E-state index contributed by atoms with van der Waals surface area (Å²) in [6.07, 6.45) is 1.83. The number of amides is 1. The Labute approximate surface area is 98.6 Å². The molecular formula is C12H25N3O. The van der Waals surface area contributed by atoms with Gasteiger partial charge in [-0.3, -0.25) is 9.69 Å². The number of carbonyl (C=O) groups is 1. The second-order valence-corrected chi connectivity index (χ2v) is 5.45. The van der Waals surface area contributed by atoms with Gasteiger partial charge in [0.15, 0.2) is 0 Å². The van der Waals surface area contributed by atoms with Crippen LogP contribution in [0.15, 0.2) is 0 Å². The van der Waals surface area contributed by atoms with E-state index in [1.807, 2.05) is 0 Å². The Kier molecular flexibility index (Phi) is 4.74. The van der Waals surface area contributed by atoms with Crippen LogP contribution in [-0.4, -0.2) is 43.0 Å². The Morgan fingerprint density at radius 3 is 2.81 bits per heavy atom. The SMILES string of the molecule is CCCN1CC(C)(C)CNC(=O)C1CCN. The zero-order chi connectivity index (χ0) is 12.2. The lowest BCUT2D eigenvalue weighted by Crippen LogP contribution is -2.46. The number of nitrogens with one attached hydrogen (secondary N) is 1. The molecule has 1 saturated heterocycles. The van der Waals surface area contributed by atoms with E-state index >= 15 is 0 Å². The molecule has 1 atom stereocenters. The van der Waals surface area contributed by atoms with Crippen LogP contribution in [0.25, 0.3) is 0 Å². The van der Waals surface area contributed by atoms with Gasteiger partial charge in [0.2, 0.25) is 5.91 Å². The van der Waals surface area contributed by atoms with Crippen LogP contribution < -0.4 is 11.1 Å². The van der Waals surface area contributed by atoms with Crippen LogP contribution in [0.4, 0.5) is 0 Å². The second-order valence-electron chi connectivity index (χ2n) is 5.45. The zero-order valence-electron chi connectivity index (χ0n) is 10.8. The predicted molar refractivity (Wildman–Crippen MR) is 66.1 cm³/mol. The van der Waals surface area contributed by atoms with Crippen molar-refractivity contribution >= 4 is 5.91 Å². The average molecular weight is 227 g/mol. The number of rotatable bonds is 4. The van der Waals surface area contributed by atoms with Gasteiger partial charge in [-0.2, -0.15) is 0 Å². The summed E-state index contributed by atoms with van der Waals surface area (Å²) in [7, 11) is 0. The normalized spacial score (nSPS) is 26.2. The van der Waals surface area contributed by atoms with Crippen molar-refractivity contribution in [2.45, 2.75) is 39.7 Å². The number of nitrogens with two attached hydrogens (primary N) is 1. The van der Waals surface area contributed by atoms with Crippen molar-refractivity contribution in [3.05, 3.63) is 0 Å². The molecule has 1 amide bonds. The molecule has 0 aliphatic carbocycles. The highest BCUT2D eigenvalue weighted by Gasteiger charge is 2.34. The summed E-state index contributed by atoms with van der Waals surface area (Å²) in [6.45, 7) is 9.80. The number of hydrogen-bond acceptors (Lipinski definition) is 3. The van der Waals surface area contributed by atoms with Crippen molar-refractivity contribution < 1.29 is 4.79 Å². The molecule has 4 nitrogen and oxygen atoms in total. The van der Waals surface area contributed by atoms with E-state index < -0.39 is 0 Å². The summed E-state index contributed by atoms with van der Waals surface area (Å²) in [6, 6.07) is -0.0354. The molecule has 3 N–H and O–H groups in total. The zero-order valence-corrected chi connectivity index (χ0v) is 10.8. The van der Waals surface area contributed by atoms with Gasteiger partial charge < -0.3 is 11.1 Å². The quantitative estimate of drug-likeness (QED) is 0.738. The maximum atomic E-state index is 12.0. The van der Waals surface area contributed by atoms with Crippen molar-refractivity contribution in [2.24, 2.45) is 11.1 Å². The van der Waals surface area contributed by atoms with Gasteiger partial charge in [0, 0.05) is 13.1 Å². The van der Waals surface area contributed by atoms with Crippen LogP contribution in [-0.2, 0) is 4.79 Å². The van der Waals surface area contributed by atoms with Crippen molar-refractivity contribution in [1.29, 1.82) is 0 Å². The molecule has 1 aliphatic heterocycles. The maximum absolute atomic E-state index is 12.0. The summed E-state index contributed by atoms with van der Waals surface area (Å²) < 4.78 is 0. The van der Waals surface area contributed by atoms with Gasteiger partial charge in [-0.15, -0.1) is 0 Å². The molecule has 0 radical (unpaired) electrons. The molecule has 1 fully saturated rings. The van der Waals surface area contributed by atoms with E-state index in [4.69, 9.17) is 5.73 Å². The monoisotopic (exact) mass is 227 g/mol. The summed E-state index contributed by atoms with van der Waals surface area (Å²) >= 11 is 0. The van der Waals surface area contributed by atoms with E-state index in [9.17, 15) is 4.79 Å². The third-order valence-corrected chi connectivity index (χ3v) is 3.07. The molecule has 0 aromatic carbocycles. The lowest BCUT2D eigenvalue weighted by atomic mass is 9.93. The predicted octanol–water partition coefficient (Wildman–Crippen LogP) is 0.572. The highest BCUT2D eigenvalue weighted by atomic mass is 16.2. The molecule has 0 saturated carbocycles. The smallest absolute Gasteiger partial charge is 0.237 e. The third-order valence-electron chi connectivity index (χ3n) is 3.07. The molecule has 1 rings (SSSR count). The van der Waals surface area contributed by atoms with Crippen LogP contribution in [0.3, 0.4) is 0 Å². The molecule has 1 unspecified atom stereocenters. The topological polar surface area (TPSA) is 58.4 Å². The Bertz CT molecular complexity index is 240. The fraction of sp³-hybridized carbons (Fsp3) is 0.917. The Hall–Kier alpha value is -0.610. The fourth-order valence-electron chi connectivity index (χ4n) is 2.32. The molecule has 94 valence electrons. The Morgan fingerprint density at radius 2 is 2.25 bits per heavy atom. The lowest BCUT2D eigenvalue weighted by Gasteiger charge is -2.32.